The zero-order valence-electron chi connectivity index (χ0n) is 10.2. The Bertz CT molecular complexity index is 503. The van der Waals surface area contributed by atoms with Gasteiger partial charge in [0.05, 0.1) is 19.5 Å². The molecule has 9 nitrogen and oxygen atoms in total. The predicted octanol–water partition coefficient (Wildman–Crippen LogP) is -0.232. The molecule has 104 valence electrons. The Hall–Kier alpha value is -2.03. The van der Waals surface area contributed by atoms with Crippen molar-refractivity contribution in [3.63, 3.8) is 0 Å². The molecule has 0 amide bonds. The number of likely N-dealkylation sites (N-methyl/N-ethyl adjacent to an activating group) is 1. The monoisotopic (exact) mass is 271 g/mol. The first-order valence-electron chi connectivity index (χ1n) is 5.65. The molecule has 0 saturated carbocycles. The second kappa shape index (κ2) is 3.98. The summed E-state index contributed by atoms with van der Waals surface area (Å²) < 4.78 is 0. The highest BCUT2D eigenvalue weighted by molar-refractivity contribution is 5.89. The fourth-order valence-electron chi connectivity index (χ4n) is 3.16. The third-order valence-electron chi connectivity index (χ3n) is 3.87. The molecule has 2 atom stereocenters. The number of fused-ring (bicyclic) bond motifs is 2. The molecule has 0 radical (unpaired) electrons. The number of likely N-dealkylation sites (tertiary alicyclic amines) is 1. The molecule has 0 unspecified atom stereocenters. The SMILES string of the molecule is CN1C[C@@]2([N+](=O)[O-])CC=C(C(=O)O)[C@]([N+](=O)[O-])(C1)C2. The molecule has 19 heavy (non-hydrogen) atoms. The highest BCUT2D eigenvalue weighted by Crippen LogP contribution is 2.43. The lowest BCUT2D eigenvalue weighted by atomic mass is 9.68. The molecule has 0 aromatic carbocycles. The van der Waals surface area contributed by atoms with Crippen molar-refractivity contribution < 1.29 is 19.7 Å². The smallest absolute Gasteiger partial charge is 0.338 e. The second-order valence-corrected chi connectivity index (χ2v) is 5.25. The quantitative estimate of drug-likeness (QED) is 0.554. The van der Waals surface area contributed by atoms with Gasteiger partial charge in [0, 0.05) is 16.3 Å². The predicted molar refractivity (Wildman–Crippen MR) is 61.9 cm³/mol. The van der Waals surface area contributed by atoms with E-state index in [0.29, 0.717) is 0 Å². The summed E-state index contributed by atoms with van der Waals surface area (Å²) in [6, 6.07) is 0. The van der Waals surface area contributed by atoms with Crippen LogP contribution in [-0.4, -0.2) is 57.0 Å². The summed E-state index contributed by atoms with van der Waals surface area (Å²) >= 11 is 0. The molecule has 0 aromatic rings. The van der Waals surface area contributed by atoms with Gasteiger partial charge >= 0.3 is 5.97 Å². The van der Waals surface area contributed by atoms with Gasteiger partial charge in [-0.2, -0.15) is 0 Å². The summed E-state index contributed by atoms with van der Waals surface area (Å²) in [6.45, 7) is -0.0489. The number of nitrogens with zero attached hydrogens (tertiary/aromatic N) is 3. The molecule has 2 bridgehead atoms. The van der Waals surface area contributed by atoms with E-state index in [-0.39, 0.29) is 31.5 Å². The van der Waals surface area contributed by atoms with Crippen molar-refractivity contribution in [1.29, 1.82) is 0 Å². The van der Waals surface area contributed by atoms with Gasteiger partial charge in [-0.05, 0) is 7.05 Å². The van der Waals surface area contributed by atoms with Crippen LogP contribution in [0.25, 0.3) is 0 Å². The lowest BCUT2D eigenvalue weighted by molar-refractivity contribution is -0.620. The summed E-state index contributed by atoms with van der Waals surface area (Å²) in [6.07, 6.45) is 0.675. The first-order valence-corrected chi connectivity index (χ1v) is 5.65. The van der Waals surface area contributed by atoms with Crippen LogP contribution in [-0.2, 0) is 4.79 Å². The van der Waals surface area contributed by atoms with Gasteiger partial charge in [-0.15, -0.1) is 0 Å². The van der Waals surface area contributed by atoms with Crippen LogP contribution in [0.4, 0.5) is 0 Å². The molecular weight excluding hydrogens is 258 g/mol. The summed E-state index contributed by atoms with van der Waals surface area (Å²) in [5, 5.41) is 31.7. The number of carbonyl (C=O) groups is 1. The Labute approximate surface area is 107 Å². The van der Waals surface area contributed by atoms with E-state index in [9.17, 15) is 25.0 Å². The first kappa shape index (κ1) is 13.4. The van der Waals surface area contributed by atoms with E-state index in [2.05, 4.69) is 0 Å². The van der Waals surface area contributed by atoms with Gasteiger partial charge in [0.25, 0.3) is 5.54 Å². The van der Waals surface area contributed by atoms with E-state index >= 15 is 0 Å². The van der Waals surface area contributed by atoms with Crippen LogP contribution >= 0.6 is 0 Å². The van der Waals surface area contributed by atoms with Crippen LogP contribution in [0.3, 0.4) is 0 Å². The standard InChI is InChI=1S/C10H13N3O6/c1-11-5-9(12(16)17)3-2-7(8(14)15)10(4-9,6-11)13(18)19/h2H,3-6H2,1H3,(H,14,15)/t9-,10-/m1/s1. The van der Waals surface area contributed by atoms with Gasteiger partial charge in [-0.25, -0.2) is 4.79 Å². The van der Waals surface area contributed by atoms with Crippen LogP contribution < -0.4 is 0 Å². The highest BCUT2D eigenvalue weighted by atomic mass is 16.6. The molecule has 1 aliphatic carbocycles. The molecule has 1 fully saturated rings. The van der Waals surface area contributed by atoms with E-state index in [4.69, 9.17) is 5.11 Å². The van der Waals surface area contributed by atoms with E-state index in [1.54, 1.807) is 0 Å². The highest BCUT2D eigenvalue weighted by Gasteiger charge is 2.66. The Balaban J connectivity index is 2.60. The molecule has 1 aliphatic heterocycles. The van der Waals surface area contributed by atoms with Crippen molar-refractivity contribution in [2.45, 2.75) is 23.9 Å². The van der Waals surface area contributed by atoms with Crippen molar-refractivity contribution >= 4 is 5.97 Å². The van der Waals surface area contributed by atoms with Crippen molar-refractivity contribution in [2.75, 3.05) is 20.1 Å². The maximum atomic E-state index is 11.4. The zero-order chi connectivity index (χ0) is 14.4. The average Bonchev–Trinajstić information content (AvgIpc) is 2.27. The number of carboxylic acids is 1. The van der Waals surface area contributed by atoms with Crippen molar-refractivity contribution in [3.8, 4) is 0 Å². The fraction of sp³-hybridized carbons (Fsp3) is 0.700. The molecule has 1 heterocycles. The third-order valence-corrected chi connectivity index (χ3v) is 3.87. The number of piperidine rings is 1. The van der Waals surface area contributed by atoms with Crippen molar-refractivity contribution in [3.05, 3.63) is 31.9 Å². The van der Waals surface area contributed by atoms with Crippen LogP contribution in [0.2, 0.25) is 0 Å². The van der Waals surface area contributed by atoms with Gasteiger partial charge in [0.1, 0.15) is 5.57 Å². The molecule has 2 rings (SSSR count). The molecule has 9 heteroatoms. The number of carboxylic acid groups (broad SMARTS) is 1. The topological polar surface area (TPSA) is 127 Å². The maximum absolute atomic E-state index is 11.4. The Morgan fingerprint density at radius 2 is 2.00 bits per heavy atom. The minimum atomic E-state index is -1.90. The largest absolute Gasteiger partial charge is 0.478 e. The van der Waals surface area contributed by atoms with Gasteiger partial charge in [0.15, 0.2) is 0 Å². The number of rotatable bonds is 3. The normalized spacial score (nSPS) is 34.5. The van der Waals surface area contributed by atoms with Gasteiger partial charge in [-0.1, -0.05) is 6.08 Å². The Morgan fingerprint density at radius 1 is 1.37 bits per heavy atom. The number of hydrogen-bond acceptors (Lipinski definition) is 6. The Kier molecular flexibility index (Phi) is 2.81. The van der Waals surface area contributed by atoms with Gasteiger partial charge < -0.3 is 5.11 Å². The maximum Gasteiger partial charge on any atom is 0.338 e. The lowest BCUT2D eigenvalue weighted by Gasteiger charge is -2.44. The number of hydrogen-bond donors (Lipinski definition) is 1. The summed E-state index contributed by atoms with van der Waals surface area (Å²) in [7, 11) is 1.53. The van der Waals surface area contributed by atoms with Crippen LogP contribution in [0.15, 0.2) is 11.6 Å². The molecule has 0 spiro atoms. The van der Waals surface area contributed by atoms with Crippen LogP contribution in [0.5, 0.6) is 0 Å². The van der Waals surface area contributed by atoms with Crippen LogP contribution in [0, 0.1) is 20.2 Å². The lowest BCUT2D eigenvalue weighted by Crippen LogP contribution is -2.67. The molecule has 1 N–H and O–H groups in total. The van der Waals surface area contributed by atoms with E-state index in [1.165, 1.54) is 11.9 Å². The van der Waals surface area contributed by atoms with E-state index < -0.39 is 26.9 Å². The summed E-state index contributed by atoms with van der Waals surface area (Å²) in [5.41, 5.74) is -3.72. The molecule has 0 aromatic heterocycles. The fourth-order valence-corrected chi connectivity index (χ4v) is 3.16. The van der Waals surface area contributed by atoms with Gasteiger partial charge in [0.2, 0.25) is 5.54 Å². The van der Waals surface area contributed by atoms with Crippen molar-refractivity contribution in [2.24, 2.45) is 0 Å². The van der Waals surface area contributed by atoms with Crippen molar-refractivity contribution in [1.82, 2.24) is 4.90 Å². The third kappa shape index (κ3) is 1.77. The average molecular weight is 271 g/mol. The van der Waals surface area contributed by atoms with E-state index in [1.807, 2.05) is 0 Å². The van der Waals surface area contributed by atoms with E-state index in [0.717, 1.165) is 6.08 Å². The number of nitro groups is 2. The summed E-state index contributed by atoms with van der Waals surface area (Å²) in [5.74, 6) is -1.39. The minimum absolute atomic E-state index is 0.0823. The molecule has 1 saturated heterocycles. The minimum Gasteiger partial charge on any atom is -0.478 e. The first-order chi connectivity index (χ1) is 8.73. The second-order valence-electron chi connectivity index (χ2n) is 5.25. The van der Waals surface area contributed by atoms with Gasteiger partial charge in [-0.3, -0.25) is 25.1 Å². The number of aliphatic carboxylic acids is 1. The zero-order valence-corrected chi connectivity index (χ0v) is 10.2. The molecular formula is C10H13N3O6. The molecule has 2 aliphatic rings. The summed E-state index contributed by atoms with van der Waals surface area (Å²) in [4.78, 5) is 34.1. The Morgan fingerprint density at radius 3 is 2.47 bits per heavy atom. The van der Waals surface area contributed by atoms with Crippen LogP contribution in [0.1, 0.15) is 12.8 Å².